The van der Waals surface area contributed by atoms with Gasteiger partial charge in [0.2, 0.25) is 0 Å². The zero-order valence-electron chi connectivity index (χ0n) is 10.7. The van der Waals surface area contributed by atoms with Gasteiger partial charge in [0.1, 0.15) is 10.9 Å². The third kappa shape index (κ3) is 2.19. The molecule has 2 rings (SSSR count). The number of aromatic amines is 1. The minimum Gasteiger partial charge on any atom is -0.495 e. The standard InChI is InChI=1S/C13H10ClN3O3/c1-7-11(14)16-13(19)17(12(7)18)9-4-3-8(6-15)5-10(9)20-2/h3-5H,1-2H3,(H,16,19). The van der Waals surface area contributed by atoms with Crippen molar-refractivity contribution in [1.29, 1.82) is 5.26 Å². The number of rotatable bonds is 2. The van der Waals surface area contributed by atoms with Gasteiger partial charge in [0.25, 0.3) is 5.56 Å². The molecular weight excluding hydrogens is 282 g/mol. The van der Waals surface area contributed by atoms with E-state index in [1.807, 2.05) is 6.07 Å². The number of hydrogen-bond acceptors (Lipinski definition) is 4. The molecule has 0 saturated carbocycles. The van der Waals surface area contributed by atoms with E-state index in [1.165, 1.54) is 32.2 Å². The molecule has 1 N–H and O–H groups in total. The largest absolute Gasteiger partial charge is 0.495 e. The highest BCUT2D eigenvalue weighted by molar-refractivity contribution is 6.30. The fourth-order valence-electron chi connectivity index (χ4n) is 1.75. The number of halogens is 1. The first-order valence-electron chi connectivity index (χ1n) is 5.59. The third-order valence-corrected chi connectivity index (χ3v) is 3.20. The van der Waals surface area contributed by atoms with Crippen LogP contribution in [0, 0.1) is 18.3 Å². The Labute approximate surface area is 118 Å². The number of H-pyrrole nitrogens is 1. The number of nitrogens with one attached hydrogen (secondary N) is 1. The molecule has 0 fully saturated rings. The number of nitriles is 1. The van der Waals surface area contributed by atoms with Crippen molar-refractivity contribution in [3.8, 4) is 17.5 Å². The molecule has 0 radical (unpaired) electrons. The molecule has 1 heterocycles. The molecule has 0 aliphatic carbocycles. The van der Waals surface area contributed by atoms with Crippen LogP contribution in [0.25, 0.3) is 5.69 Å². The van der Waals surface area contributed by atoms with Gasteiger partial charge in [-0.2, -0.15) is 5.26 Å². The molecule has 0 amide bonds. The molecule has 0 aliphatic rings. The lowest BCUT2D eigenvalue weighted by Crippen LogP contribution is -2.35. The molecule has 0 unspecified atom stereocenters. The molecule has 2 aromatic rings. The molecule has 7 heteroatoms. The van der Waals surface area contributed by atoms with E-state index in [1.54, 1.807) is 0 Å². The lowest BCUT2D eigenvalue weighted by atomic mass is 10.2. The van der Waals surface area contributed by atoms with Crippen LogP contribution in [0.3, 0.4) is 0 Å². The molecule has 6 nitrogen and oxygen atoms in total. The van der Waals surface area contributed by atoms with E-state index < -0.39 is 11.2 Å². The lowest BCUT2D eigenvalue weighted by Gasteiger charge is -2.11. The summed E-state index contributed by atoms with van der Waals surface area (Å²) in [5, 5.41) is 8.85. The maximum atomic E-state index is 12.2. The molecular formula is C13H10ClN3O3. The Hall–Kier alpha value is -2.52. The maximum absolute atomic E-state index is 12.2. The summed E-state index contributed by atoms with van der Waals surface area (Å²) in [6.45, 7) is 1.51. The van der Waals surface area contributed by atoms with Crippen molar-refractivity contribution in [1.82, 2.24) is 9.55 Å². The van der Waals surface area contributed by atoms with Gasteiger partial charge in [-0.1, -0.05) is 11.6 Å². The molecule has 20 heavy (non-hydrogen) atoms. The molecule has 0 aliphatic heterocycles. The van der Waals surface area contributed by atoms with Gasteiger partial charge in [0.05, 0.1) is 30.0 Å². The van der Waals surface area contributed by atoms with Crippen molar-refractivity contribution in [2.24, 2.45) is 0 Å². The number of methoxy groups -OCH3 is 1. The molecule has 0 atom stereocenters. The second kappa shape index (κ2) is 5.23. The maximum Gasteiger partial charge on any atom is 0.334 e. The number of nitrogens with zero attached hydrogens (tertiary/aromatic N) is 2. The van der Waals surface area contributed by atoms with E-state index in [9.17, 15) is 9.59 Å². The van der Waals surface area contributed by atoms with Crippen LogP contribution >= 0.6 is 11.6 Å². The van der Waals surface area contributed by atoms with Crippen LogP contribution in [0.1, 0.15) is 11.1 Å². The predicted octanol–water partition coefficient (Wildman–Crippen LogP) is 1.37. The van der Waals surface area contributed by atoms with Crippen LogP contribution in [0.2, 0.25) is 5.15 Å². The summed E-state index contributed by atoms with van der Waals surface area (Å²) in [5.41, 5.74) is -0.383. The smallest absolute Gasteiger partial charge is 0.334 e. The summed E-state index contributed by atoms with van der Waals surface area (Å²) in [6.07, 6.45) is 0. The Bertz CT molecular complexity index is 830. The Morgan fingerprint density at radius 1 is 1.40 bits per heavy atom. The van der Waals surface area contributed by atoms with Crippen LogP contribution in [0.5, 0.6) is 5.75 Å². The van der Waals surface area contributed by atoms with Crippen molar-refractivity contribution < 1.29 is 4.74 Å². The van der Waals surface area contributed by atoms with Crippen molar-refractivity contribution in [3.63, 3.8) is 0 Å². The van der Waals surface area contributed by atoms with Crippen LogP contribution in [0.15, 0.2) is 27.8 Å². The van der Waals surface area contributed by atoms with E-state index in [-0.39, 0.29) is 22.2 Å². The number of aromatic nitrogens is 2. The second-order valence-corrected chi connectivity index (χ2v) is 4.39. The first-order valence-corrected chi connectivity index (χ1v) is 5.97. The fraction of sp³-hybridized carbons (Fsp3) is 0.154. The quantitative estimate of drug-likeness (QED) is 0.846. The van der Waals surface area contributed by atoms with Gasteiger partial charge in [-0.15, -0.1) is 0 Å². The molecule has 1 aromatic carbocycles. The normalized spacial score (nSPS) is 10.1. The minimum atomic E-state index is -0.673. The van der Waals surface area contributed by atoms with Gasteiger partial charge in [0.15, 0.2) is 0 Å². The Morgan fingerprint density at radius 3 is 2.70 bits per heavy atom. The molecule has 1 aromatic heterocycles. The van der Waals surface area contributed by atoms with E-state index in [0.717, 1.165) is 4.57 Å². The van der Waals surface area contributed by atoms with Crippen molar-refractivity contribution in [2.45, 2.75) is 6.92 Å². The van der Waals surface area contributed by atoms with Crippen molar-refractivity contribution in [3.05, 3.63) is 55.3 Å². The number of hydrogen-bond donors (Lipinski definition) is 1. The Kier molecular flexibility index (Phi) is 3.63. The van der Waals surface area contributed by atoms with E-state index in [0.29, 0.717) is 5.56 Å². The molecule has 0 bridgehead atoms. The van der Waals surface area contributed by atoms with Gasteiger partial charge in [-0.25, -0.2) is 9.36 Å². The van der Waals surface area contributed by atoms with Crippen molar-refractivity contribution >= 4 is 11.6 Å². The molecule has 102 valence electrons. The zero-order chi connectivity index (χ0) is 14.9. The fourth-order valence-corrected chi connectivity index (χ4v) is 1.91. The Balaban J connectivity index is 2.83. The summed E-state index contributed by atoms with van der Waals surface area (Å²) in [7, 11) is 1.39. The number of benzene rings is 1. The lowest BCUT2D eigenvalue weighted by molar-refractivity contribution is 0.412. The van der Waals surface area contributed by atoms with Crippen LogP contribution in [-0.2, 0) is 0 Å². The van der Waals surface area contributed by atoms with Crippen molar-refractivity contribution in [2.75, 3.05) is 7.11 Å². The average Bonchev–Trinajstić information content (AvgIpc) is 2.45. The summed E-state index contributed by atoms with van der Waals surface area (Å²) in [4.78, 5) is 26.5. The van der Waals surface area contributed by atoms with Gasteiger partial charge < -0.3 is 4.74 Å². The summed E-state index contributed by atoms with van der Waals surface area (Å²) in [6, 6.07) is 6.37. The Morgan fingerprint density at radius 2 is 2.10 bits per heavy atom. The highest BCUT2D eigenvalue weighted by atomic mass is 35.5. The summed E-state index contributed by atoms with van der Waals surface area (Å²) < 4.78 is 6.04. The minimum absolute atomic E-state index is 0.00358. The van der Waals surface area contributed by atoms with Gasteiger partial charge in [-0.05, 0) is 19.1 Å². The molecule has 0 spiro atoms. The van der Waals surface area contributed by atoms with E-state index in [2.05, 4.69) is 4.98 Å². The van der Waals surface area contributed by atoms with Gasteiger partial charge in [0, 0.05) is 6.07 Å². The second-order valence-electron chi connectivity index (χ2n) is 4.01. The topological polar surface area (TPSA) is 87.9 Å². The van der Waals surface area contributed by atoms with Gasteiger partial charge in [-0.3, -0.25) is 9.78 Å². The zero-order valence-corrected chi connectivity index (χ0v) is 11.5. The summed E-state index contributed by atoms with van der Waals surface area (Å²) in [5.74, 6) is 0.248. The van der Waals surface area contributed by atoms with Crippen LogP contribution < -0.4 is 16.0 Å². The van der Waals surface area contributed by atoms with Gasteiger partial charge >= 0.3 is 5.69 Å². The highest BCUT2D eigenvalue weighted by Gasteiger charge is 2.14. The number of ether oxygens (including phenoxy) is 1. The predicted molar refractivity (Wildman–Crippen MR) is 73.7 cm³/mol. The third-order valence-electron chi connectivity index (χ3n) is 2.82. The average molecular weight is 292 g/mol. The first kappa shape index (κ1) is 13.9. The monoisotopic (exact) mass is 291 g/mol. The van der Waals surface area contributed by atoms with E-state index >= 15 is 0 Å². The summed E-state index contributed by atoms with van der Waals surface area (Å²) >= 11 is 5.76. The first-order chi connectivity index (χ1) is 9.49. The molecule has 0 saturated heterocycles. The van der Waals surface area contributed by atoms with E-state index in [4.69, 9.17) is 21.6 Å². The highest BCUT2D eigenvalue weighted by Crippen LogP contribution is 2.22. The SMILES string of the molecule is COc1cc(C#N)ccc1-n1c(=O)[nH]c(Cl)c(C)c1=O. The van der Waals surface area contributed by atoms with Crippen LogP contribution in [0.4, 0.5) is 0 Å². The van der Waals surface area contributed by atoms with Crippen LogP contribution in [-0.4, -0.2) is 16.7 Å².